The summed E-state index contributed by atoms with van der Waals surface area (Å²) in [4.78, 5) is 48.9. The average Bonchev–Trinajstić information content (AvgIpc) is 2.51. The Balaban J connectivity index is 2.77. The van der Waals surface area contributed by atoms with Gasteiger partial charge in [0.25, 0.3) is 11.5 Å². The zero-order valence-electron chi connectivity index (χ0n) is 13.1. The Kier molecular flexibility index (Phi) is 7.52. The van der Waals surface area contributed by atoms with E-state index in [1.54, 1.807) is 0 Å². The summed E-state index contributed by atoms with van der Waals surface area (Å²) >= 11 is 0. The molecule has 1 amide bonds. The van der Waals surface area contributed by atoms with E-state index in [9.17, 15) is 19.2 Å². The minimum atomic E-state index is -1.18. The molecule has 0 aliphatic heterocycles. The number of carbonyl (C=O) groups is 3. The van der Waals surface area contributed by atoms with Crippen LogP contribution in [0.25, 0.3) is 0 Å². The summed E-state index contributed by atoms with van der Waals surface area (Å²) in [6, 6.07) is 1.62. The number of amides is 1. The largest absolute Gasteiger partial charge is 0.464 e. The van der Waals surface area contributed by atoms with E-state index in [0.717, 1.165) is 6.42 Å². The molecule has 0 fully saturated rings. The molecule has 0 radical (unpaired) electrons. The van der Waals surface area contributed by atoms with E-state index in [0.29, 0.717) is 6.42 Å². The minimum Gasteiger partial charge on any atom is -0.464 e. The molecule has 1 aromatic rings. The second kappa shape index (κ2) is 9.39. The molecule has 1 aromatic heterocycles. The van der Waals surface area contributed by atoms with Crippen LogP contribution in [-0.2, 0) is 19.1 Å². The topological polar surface area (TPSA) is 115 Å². The zero-order valence-corrected chi connectivity index (χ0v) is 13.1. The number of hydrogen-bond acceptors (Lipinski definition) is 6. The maximum absolute atomic E-state index is 12.1. The molecule has 0 aliphatic rings. The normalized spacial score (nSPS) is 11.4. The fourth-order valence-corrected chi connectivity index (χ4v) is 1.62. The Labute approximate surface area is 133 Å². The number of rotatable bonds is 8. The molecule has 1 atom stereocenters. The number of H-pyrrole nitrogens is 1. The lowest BCUT2D eigenvalue weighted by atomic mass is 10.2. The predicted octanol–water partition coefficient (Wildman–Crippen LogP) is 0.380. The number of unbranched alkanes of at least 4 members (excludes halogenated alkanes) is 1. The highest BCUT2D eigenvalue weighted by Gasteiger charge is 2.25. The molecule has 8 nitrogen and oxygen atoms in total. The van der Waals surface area contributed by atoms with Crippen LogP contribution in [0.2, 0.25) is 0 Å². The second-order valence-corrected chi connectivity index (χ2v) is 4.76. The maximum atomic E-state index is 12.1. The molecule has 0 bridgehead atoms. The molecule has 8 heteroatoms. The van der Waals surface area contributed by atoms with Gasteiger partial charge < -0.3 is 19.8 Å². The van der Waals surface area contributed by atoms with Gasteiger partial charge in [-0.3, -0.25) is 14.4 Å². The SMILES string of the molecule is CCCCOC(=O)[C@H](COC(C)=O)NC(=O)c1ccc[nH]c1=O. The Morgan fingerprint density at radius 2 is 2.04 bits per heavy atom. The van der Waals surface area contributed by atoms with E-state index in [-0.39, 0.29) is 18.8 Å². The average molecular weight is 324 g/mol. The Hall–Kier alpha value is -2.64. The highest BCUT2D eigenvalue weighted by Crippen LogP contribution is 1.98. The van der Waals surface area contributed by atoms with Gasteiger partial charge in [-0.15, -0.1) is 0 Å². The third kappa shape index (κ3) is 6.33. The lowest BCUT2D eigenvalue weighted by Crippen LogP contribution is -2.46. The minimum absolute atomic E-state index is 0.151. The molecule has 0 saturated carbocycles. The van der Waals surface area contributed by atoms with Crippen LogP contribution < -0.4 is 10.9 Å². The maximum Gasteiger partial charge on any atom is 0.332 e. The van der Waals surface area contributed by atoms with Gasteiger partial charge in [-0.2, -0.15) is 0 Å². The Bertz CT molecular complexity index is 610. The quantitative estimate of drug-likeness (QED) is 0.528. The van der Waals surface area contributed by atoms with Gasteiger partial charge in [-0.05, 0) is 18.6 Å². The number of ether oxygens (including phenoxy) is 2. The monoisotopic (exact) mass is 324 g/mol. The smallest absolute Gasteiger partial charge is 0.332 e. The van der Waals surface area contributed by atoms with Crippen molar-refractivity contribution in [1.29, 1.82) is 0 Å². The number of nitrogens with one attached hydrogen (secondary N) is 2. The third-order valence-electron chi connectivity index (χ3n) is 2.85. The van der Waals surface area contributed by atoms with Crippen LogP contribution in [-0.4, -0.2) is 42.1 Å². The fraction of sp³-hybridized carbons (Fsp3) is 0.467. The summed E-state index contributed by atoms with van der Waals surface area (Å²) in [6.45, 7) is 2.96. The first kappa shape index (κ1) is 18.4. The highest BCUT2D eigenvalue weighted by atomic mass is 16.6. The summed E-state index contributed by atoms with van der Waals surface area (Å²) in [5.74, 6) is -2.07. The van der Waals surface area contributed by atoms with E-state index in [2.05, 4.69) is 10.3 Å². The van der Waals surface area contributed by atoms with Crippen LogP contribution in [0.5, 0.6) is 0 Å². The Morgan fingerprint density at radius 3 is 2.65 bits per heavy atom. The van der Waals surface area contributed by atoms with Crippen LogP contribution in [0.15, 0.2) is 23.1 Å². The van der Waals surface area contributed by atoms with Crippen LogP contribution in [0.1, 0.15) is 37.0 Å². The van der Waals surface area contributed by atoms with Gasteiger partial charge >= 0.3 is 11.9 Å². The molecule has 23 heavy (non-hydrogen) atoms. The number of pyridine rings is 1. The number of hydrogen-bond donors (Lipinski definition) is 2. The first-order chi connectivity index (χ1) is 11.0. The highest BCUT2D eigenvalue weighted by molar-refractivity contribution is 5.96. The van der Waals surface area contributed by atoms with E-state index in [1.807, 2.05) is 6.92 Å². The molecule has 0 aliphatic carbocycles. The van der Waals surface area contributed by atoms with Crippen molar-refractivity contribution in [3.8, 4) is 0 Å². The van der Waals surface area contributed by atoms with Gasteiger partial charge in [0.15, 0.2) is 6.04 Å². The van der Waals surface area contributed by atoms with Gasteiger partial charge in [0, 0.05) is 13.1 Å². The molecule has 1 heterocycles. The van der Waals surface area contributed by atoms with Crippen molar-refractivity contribution in [2.24, 2.45) is 0 Å². The van der Waals surface area contributed by atoms with Crippen molar-refractivity contribution >= 4 is 17.8 Å². The fourth-order valence-electron chi connectivity index (χ4n) is 1.62. The molecule has 0 spiro atoms. The number of aromatic amines is 1. The molecule has 126 valence electrons. The molecule has 0 saturated heterocycles. The van der Waals surface area contributed by atoms with Crippen LogP contribution in [0.3, 0.4) is 0 Å². The Morgan fingerprint density at radius 1 is 1.30 bits per heavy atom. The first-order valence-electron chi connectivity index (χ1n) is 7.24. The van der Waals surface area contributed by atoms with Gasteiger partial charge in [-0.25, -0.2) is 4.79 Å². The van der Waals surface area contributed by atoms with Crippen molar-refractivity contribution in [3.63, 3.8) is 0 Å². The van der Waals surface area contributed by atoms with Gasteiger partial charge in [0.1, 0.15) is 12.2 Å². The number of aromatic nitrogens is 1. The van der Waals surface area contributed by atoms with Crippen LogP contribution >= 0.6 is 0 Å². The molecule has 2 N–H and O–H groups in total. The summed E-state index contributed by atoms with van der Waals surface area (Å²) < 4.78 is 9.77. The van der Waals surface area contributed by atoms with Crippen molar-refractivity contribution in [1.82, 2.24) is 10.3 Å². The van der Waals surface area contributed by atoms with Crippen molar-refractivity contribution in [2.75, 3.05) is 13.2 Å². The van der Waals surface area contributed by atoms with Gasteiger partial charge in [0.05, 0.1) is 6.61 Å². The van der Waals surface area contributed by atoms with Crippen molar-refractivity contribution in [3.05, 3.63) is 34.2 Å². The van der Waals surface area contributed by atoms with Crippen molar-refractivity contribution in [2.45, 2.75) is 32.7 Å². The lowest BCUT2D eigenvalue weighted by molar-refractivity contribution is -0.151. The zero-order chi connectivity index (χ0) is 17.2. The van der Waals surface area contributed by atoms with E-state index < -0.39 is 29.4 Å². The van der Waals surface area contributed by atoms with Gasteiger partial charge in [-0.1, -0.05) is 13.3 Å². The molecular weight excluding hydrogens is 304 g/mol. The molecular formula is C15H20N2O6. The van der Waals surface area contributed by atoms with Gasteiger partial charge in [0.2, 0.25) is 0 Å². The number of carbonyl (C=O) groups excluding carboxylic acids is 3. The number of esters is 2. The second-order valence-electron chi connectivity index (χ2n) is 4.76. The lowest BCUT2D eigenvalue weighted by Gasteiger charge is -2.17. The molecule has 0 unspecified atom stereocenters. The molecule has 1 rings (SSSR count). The molecule has 0 aromatic carbocycles. The van der Waals surface area contributed by atoms with E-state index in [1.165, 1.54) is 25.3 Å². The first-order valence-corrected chi connectivity index (χ1v) is 7.24. The van der Waals surface area contributed by atoms with E-state index >= 15 is 0 Å². The third-order valence-corrected chi connectivity index (χ3v) is 2.85. The summed E-state index contributed by atoms with van der Waals surface area (Å²) in [5.41, 5.74) is -0.739. The van der Waals surface area contributed by atoms with Crippen LogP contribution in [0.4, 0.5) is 0 Å². The summed E-state index contributed by atoms with van der Waals surface area (Å²) in [7, 11) is 0. The van der Waals surface area contributed by atoms with E-state index in [4.69, 9.17) is 9.47 Å². The standard InChI is InChI=1S/C15H20N2O6/c1-3-4-8-22-15(21)12(9-23-10(2)18)17-14(20)11-6-5-7-16-13(11)19/h5-7,12H,3-4,8-9H2,1-2H3,(H,16,19)(H,17,20)/t12-/m0/s1. The summed E-state index contributed by atoms with van der Waals surface area (Å²) in [6.07, 6.45) is 2.90. The van der Waals surface area contributed by atoms with Crippen LogP contribution in [0, 0.1) is 0 Å². The van der Waals surface area contributed by atoms with Crippen molar-refractivity contribution < 1.29 is 23.9 Å². The predicted molar refractivity (Wildman–Crippen MR) is 80.8 cm³/mol. The summed E-state index contributed by atoms with van der Waals surface area (Å²) in [5, 5.41) is 2.35.